The lowest BCUT2D eigenvalue weighted by atomic mass is 9.94. The van der Waals surface area contributed by atoms with Gasteiger partial charge in [-0.2, -0.15) is 0 Å². The summed E-state index contributed by atoms with van der Waals surface area (Å²) in [6, 6.07) is 0. The summed E-state index contributed by atoms with van der Waals surface area (Å²) in [5.41, 5.74) is 0. The molecule has 0 aromatic heterocycles. The average Bonchev–Trinajstić information content (AvgIpc) is 2.60. The van der Waals surface area contributed by atoms with Gasteiger partial charge in [-0.1, -0.05) is 13.3 Å². The summed E-state index contributed by atoms with van der Waals surface area (Å²) in [5, 5.41) is 8.74. The first-order valence-corrected chi connectivity index (χ1v) is 5.96. The van der Waals surface area contributed by atoms with E-state index in [1.165, 1.54) is 0 Å². The summed E-state index contributed by atoms with van der Waals surface area (Å²) in [6.07, 6.45) is 2.60. The predicted molar refractivity (Wildman–Crippen MR) is 58.9 cm³/mol. The zero-order chi connectivity index (χ0) is 12.1. The highest BCUT2D eigenvalue weighted by Crippen LogP contribution is 2.40. The van der Waals surface area contributed by atoms with Gasteiger partial charge >= 0.3 is 11.9 Å². The second-order valence-electron chi connectivity index (χ2n) is 4.46. The summed E-state index contributed by atoms with van der Waals surface area (Å²) in [7, 11) is 0. The Bertz CT molecular complexity index is 262. The number of aliphatic carboxylic acids is 1. The lowest BCUT2D eigenvalue weighted by Gasteiger charge is -2.15. The maximum Gasteiger partial charge on any atom is 0.309 e. The number of rotatable bonds is 5. The van der Waals surface area contributed by atoms with E-state index in [-0.39, 0.29) is 24.2 Å². The first kappa shape index (κ1) is 13.0. The van der Waals surface area contributed by atoms with Crippen LogP contribution in [0.3, 0.4) is 0 Å². The van der Waals surface area contributed by atoms with Gasteiger partial charge in [0.25, 0.3) is 0 Å². The molecule has 3 atom stereocenters. The molecular formula is C12H20O4. The predicted octanol–water partition coefficient (Wildman–Crippen LogP) is 2.08. The first-order chi connectivity index (χ1) is 7.58. The van der Waals surface area contributed by atoms with Crippen LogP contribution in [0.25, 0.3) is 0 Å². The van der Waals surface area contributed by atoms with Crippen LogP contribution in [0.5, 0.6) is 0 Å². The van der Waals surface area contributed by atoms with Crippen molar-refractivity contribution in [3.05, 3.63) is 0 Å². The topological polar surface area (TPSA) is 63.6 Å². The van der Waals surface area contributed by atoms with E-state index < -0.39 is 5.97 Å². The summed E-state index contributed by atoms with van der Waals surface area (Å²) in [5.74, 6) is -0.582. The van der Waals surface area contributed by atoms with Crippen molar-refractivity contribution < 1.29 is 19.4 Å². The number of carbonyl (C=O) groups is 2. The number of ether oxygens (including phenoxy) is 1. The standard InChI is InChI=1S/C12H20O4/c1-3-9-5-8(7-11(13)14)6-10(9)12(15)16-4-2/h8-10H,3-7H2,1-2H3,(H,13,14)/t8-,9-,10+/m1/s1. The van der Waals surface area contributed by atoms with E-state index in [0.29, 0.717) is 18.9 Å². The lowest BCUT2D eigenvalue weighted by molar-refractivity contribution is -0.149. The number of carbonyl (C=O) groups excluding carboxylic acids is 1. The zero-order valence-corrected chi connectivity index (χ0v) is 9.94. The molecule has 0 bridgehead atoms. The molecule has 0 unspecified atom stereocenters. The number of hydrogen-bond acceptors (Lipinski definition) is 3. The van der Waals surface area contributed by atoms with Crippen LogP contribution < -0.4 is 0 Å². The van der Waals surface area contributed by atoms with Crippen LogP contribution >= 0.6 is 0 Å². The minimum absolute atomic E-state index is 0.0886. The van der Waals surface area contributed by atoms with Gasteiger partial charge in [0.15, 0.2) is 0 Å². The fourth-order valence-corrected chi connectivity index (χ4v) is 2.64. The molecular weight excluding hydrogens is 208 g/mol. The third-order valence-electron chi connectivity index (χ3n) is 3.37. The fourth-order valence-electron chi connectivity index (χ4n) is 2.64. The lowest BCUT2D eigenvalue weighted by Crippen LogP contribution is -2.21. The molecule has 1 aliphatic rings. The Hall–Kier alpha value is -1.06. The van der Waals surface area contributed by atoms with Gasteiger partial charge in [-0.25, -0.2) is 0 Å². The van der Waals surface area contributed by atoms with E-state index >= 15 is 0 Å². The van der Waals surface area contributed by atoms with Crippen LogP contribution in [0.4, 0.5) is 0 Å². The van der Waals surface area contributed by atoms with Crippen LogP contribution in [0.15, 0.2) is 0 Å². The molecule has 0 aliphatic heterocycles. The molecule has 0 amide bonds. The van der Waals surface area contributed by atoms with Crippen molar-refractivity contribution in [2.45, 2.75) is 39.5 Å². The Labute approximate surface area is 96.0 Å². The maximum absolute atomic E-state index is 11.7. The van der Waals surface area contributed by atoms with Crippen molar-refractivity contribution in [3.8, 4) is 0 Å². The molecule has 0 heterocycles. The molecule has 0 aromatic carbocycles. The Morgan fingerprint density at radius 2 is 2.00 bits per heavy atom. The van der Waals surface area contributed by atoms with Crippen molar-refractivity contribution in [3.63, 3.8) is 0 Å². The third kappa shape index (κ3) is 3.22. The minimum atomic E-state index is -0.774. The average molecular weight is 228 g/mol. The maximum atomic E-state index is 11.7. The molecule has 0 saturated heterocycles. The van der Waals surface area contributed by atoms with E-state index in [9.17, 15) is 9.59 Å². The second kappa shape index (κ2) is 5.87. The van der Waals surface area contributed by atoms with E-state index in [4.69, 9.17) is 9.84 Å². The van der Waals surface area contributed by atoms with Crippen LogP contribution in [-0.2, 0) is 14.3 Å². The largest absolute Gasteiger partial charge is 0.481 e. The zero-order valence-electron chi connectivity index (χ0n) is 9.94. The van der Waals surface area contributed by atoms with Gasteiger partial charge in [0, 0.05) is 6.42 Å². The van der Waals surface area contributed by atoms with E-state index in [2.05, 4.69) is 0 Å². The second-order valence-corrected chi connectivity index (χ2v) is 4.46. The van der Waals surface area contributed by atoms with Crippen molar-refractivity contribution in [2.24, 2.45) is 17.8 Å². The smallest absolute Gasteiger partial charge is 0.309 e. The summed E-state index contributed by atoms with van der Waals surface area (Å²) >= 11 is 0. The highest BCUT2D eigenvalue weighted by Gasteiger charge is 2.39. The summed E-state index contributed by atoms with van der Waals surface area (Å²) < 4.78 is 5.02. The Kier molecular flexibility index (Phi) is 4.77. The molecule has 1 fully saturated rings. The van der Waals surface area contributed by atoms with Gasteiger partial charge in [-0.15, -0.1) is 0 Å². The molecule has 0 aromatic rings. The summed E-state index contributed by atoms with van der Waals surface area (Å²) in [6.45, 7) is 4.23. The van der Waals surface area contributed by atoms with Crippen LogP contribution in [0, 0.1) is 17.8 Å². The molecule has 16 heavy (non-hydrogen) atoms. The van der Waals surface area contributed by atoms with Crippen molar-refractivity contribution in [1.29, 1.82) is 0 Å². The van der Waals surface area contributed by atoms with Crippen molar-refractivity contribution in [2.75, 3.05) is 6.61 Å². The molecule has 1 N–H and O–H groups in total. The molecule has 0 spiro atoms. The van der Waals surface area contributed by atoms with Gasteiger partial charge in [-0.3, -0.25) is 9.59 Å². The monoisotopic (exact) mass is 228 g/mol. The Morgan fingerprint density at radius 3 is 2.50 bits per heavy atom. The summed E-state index contributed by atoms with van der Waals surface area (Å²) in [4.78, 5) is 22.3. The SMILES string of the molecule is CCOC(=O)[C@H]1C[C@H](CC(=O)O)C[C@H]1CC. The molecule has 1 rings (SSSR count). The number of hydrogen-bond donors (Lipinski definition) is 1. The van der Waals surface area contributed by atoms with Crippen LogP contribution in [0.1, 0.15) is 39.5 Å². The van der Waals surface area contributed by atoms with Gasteiger partial charge in [0.1, 0.15) is 0 Å². The van der Waals surface area contributed by atoms with Gasteiger partial charge in [0.2, 0.25) is 0 Å². The molecule has 1 aliphatic carbocycles. The third-order valence-corrected chi connectivity index (χ3v) is 3.37. The molecule has 1 saturated carbocycles. The minimum Gasteiger partial charge on any atom is -0.481 e. The van der Waals surface area contributed by atoms with E-state index in [0.717, 1.165) is 12.8 Å². The molecule has 92 valence electrons. The van der Waals surface area contributed by atoms with Crippen LogP contribution in [-0.4, -0.2) is 23.7 Å². The van der Waals surface area contributed by atoms with Gasteiger partial charge < -0.3 is 9.84 Å². The molecule has 4 heteroatoms. The Morgan fingerprint density at radius 1 is 1.31 bits per heavy atom. The van der Waals surface area contributed by atoms with Gasteiger partial charge in [0.05, 0.1) is 12.5 Å². The highest BCUT2D eigenvalue weighted by molar-refractivity contribution is 5.73. The Balaban J connectivity index is 2.56. The fraction of sp³-hybridized carbons (Fsp3) is 0.833. The van der Waals surface area contributed by atoms with E-state index in [1.807, 2.05) is 6.92 Å². The number of carboxylic acids is 1. The van der Waals surface area contributed by atoms with Crippen molar-refractivity contribution in [1.82, 2.24) is 0 Å². The molecule has 0 radical (unpaired) electrons. The van der Waals surface area contributed by atoms with Crippen LogP contribution in [0.2, 0.25) is 0 Å². The number of carboxylic acid groups (broad SMARTS) is 1. The quantitative estimate of drug-likeness (QED) is 0.732. The van der Waals surface area contributed by atoms with Gasteiger partial charge in [-0.05, 0) is 31.6 Å². The first-order valence-electron chi connectivity index (χ1n) is 5.96. The normalized spacial score (nSPS) is 29.0. The highest BCUT2D eigenvalue weighted by atomic mass is 16.5. The van der Waals surface area contributed by atoms with E-state index in [1.54, 1.807) is 6.92 Å². The van der Waals surface area contributed by atoms with Crippen molar-refractivity contribution >= 4 is 11.9 Å². The number of esters is 1. The molecule has 4 nitrogen and oxygen atoms in total.